The maximum absolute atomic E-state index is 5.36. The molecule has 2 heterocycles. The van der Waals surface area contributed by atoms with E-state index in [1.165, 1.54) is 0 Å². The molecule has 114 valence electrons. The summed E-state index contributed by atoms with van der Waals surface area (Å²) >= 11 is 0. The van der Waals surface area contributed by atoms with E-state index in [1.54, 1.807) is 25.1 Å². The molecule has 6 heteroatoms. The molecule has 0 N–H and O–H groups in total. The standard InChI is InChI=1S/C17H14N4O2/c1-22-12-8-6-11(7-9-12)16-19-17-13-4-3-5-14(23-2)15(13)18-10-21(17)20-16/h3-10H,1-2H3. The zero-order chi connectivity index (χ0) is 15.8. The average molecular weight is 306 g/mol. The Morgan fingerprint density at radius 2 is 1.78 bits per heavy atom. The van der Waals surface area contributed by atoms with Gasteiger partial charge in [-0.1, -0.05) is 6.07 Å². The number of benzene rings is 2. The van der Waals surface area contributed by atoms with Crippen LogP contribution in [0.15, 0.2) is 48.8 Å². The molecule has 6 nitrogen and oxygen atoms in total. The number of rotatable bonds is 3. The van der Waals surface area contributed by atoms with E-state index in [-0.39, 0.29) is 0 Å². The van der Waals surface area contributed by atoms with Gasteiger partial charge < -0.3 is 9.47 Å². The van der Waals surface area contributed by atoms with Gasteiger partial charge in [0.05, 0.1) is 14.2 Å². The molecule has 0 bridgehead atoms. The highest BCUT2D eigenvalue weighted by atomic mass is 16.5. The highest BCUT2D eigenvalue weighted by Gasteiger charge is 2.12. The fourth-order valence-electron chi connectivity index (χ4n) is 2.56. The molecule has 0 aliphatic carbocycles. The minimum Gasteiger partial charge on any atom is -0.497 e. The van der Waals surface area contributed by atoms with Gasteiger partial charge in [-0.05, 0) is 36.4 Å². The van der Waals surface area contributed by atoms with Crippen LogP contribution in [0.5, 0.6) is 11.5 Å². The Labute approximate surface area is 132 Å². The maximum atomic E-state index is 5.36. The van der Waals surface area contributed by atoms with Crippen LogP contribution >= 0.6 is 0 Å². The average Bonchev–Trinajstić information content (AvgIpc) is 3.06. The van der Waals surface area contributed by atoms with Crippen molar-refractivity contribution in [3.05, 3.63) is 48.8 Å². The van der Waals surface area contributed by atoms with Crippen LogP contribution in [-0.2, 0) is 0 Å². The molecule has 0 atom stereocenters. The fraction of sp³-hybridized carbons (Fsp3) is 0.118. The molecule has 23 heavy (non-hydrogen) atoms. The second kappa shape index (κ2) is 5.24. The Kier molecular flexibility index (Phi) is 3.08. The van der Waals surface area contributed by atoms with Crippen molar-refractivity contribution in [3.63, 3.8) is 0 Å². The van der Waals surface area contributed by atoms with Crippen LogP contribution in [0.1, 0.15) is 0 Å². The Morgan fingerprint density at radius 1 is 0.957 bits per heavy atom. The van der Waals surface area contributed by atoms with Gasteiger partial charge in [0.1, 0.15) is 23.3 Å². The topological polar surface area (TPSA) is 61.5 Å². The first kappa shape index (κ1) is 13.5. The molecule has 0 radical (unpaired) electrons. The van der Waals surface area contributed by atoms with E-state index in [0.29, 0.717) is 5.82 Å². The fourth-order valence-corrected chi connectivity index (χ4v) is 2.56. The van der Waals surface area contributed by atoms with Crippen LogP contribution < -0.4 is 9.47 Å². The lowest BCUT2D eigenvalue weighted by atomic mass is 10.2. The van der Waals surface area contributed by atoms with E-state index in [2.05, 4.69) is 15.1 Å². The SMILES string of the molecule is COc1ccc(-c2nc3c4cccc(OC)c4ncn3n2)cc1. The summed E-state index contributed by atoms with van der Waals surface area (Å²) < 4.78 is 12.2. The van der Waals surface area contributed by atoms with Crippen molar-refractivity contribution in [3.8, 4) is 22.9 Å². The van der Waals surface area contributed by atoms with Crippen LogP contribution in [0.25, 0.3) is 27.9 Å². The van der Waals surface area contributed by atoms with Crippen LogP contribution in [0.2, 0.25) is 0 Å². The predicted octanol–water partition coefficient (Wildman–Crippen LogP) is 2.96. The summed E-state index contributed by atoms with van der Waals surface area (Å²) in [6, 6.07) is 13.4. The van der Waals surface area contributed by atoms with Crippen molar-refractivity contribution in [1.82, 2.24) is 19.6 Å². The van der Waals surface area contributed by atoms with Gasteiger partial charge in [-0.3, -0.25) is 0 Å². The third kappa shape index (κ3) is 2.15. The van der Waals surface area contributed by atoms with Crippen LogP contribution in [0.3, 0.4) is 0 Å². The Bertz CT molecular complexity index is 993. The highest BCUT2D eigenvalue weighted by Crippen LogP contribution is 2.27. The van der Waals surface area contributed by atoms with Crippen molar-refractivity contribution in [2.24, 2.45) is 0 Å². The molecular weight excluding hydrogens is 292 g/mol. The van der Waals surface area contributed by atoms with E-state index in [4.69, 9.17) is 9.47 Å². The number of nitrogens with zero attached hydrogens (tertiary/aromatic N) is 4. The molecular formula is C17H14N4O2. The molecule has 0 aliphatic rings. The van der Waals surface area contributed by atoms with E-state index in [0.717, 1.165) is 33.6 Å². The second-order valence-electron chi connectivity index (χ2n) is 5.03. The van der Waals surface area contributed by atoms with Crippen molar-refractivity contribution in [2.45, 2.75) is 0 Å². The van der Waals surface area contributed by atoms with Gasteiger partial charge in [0, 0.05) is 10.9 Å². The second-order valence-corrected chi connectivity index (χ2v) is 5.03. The number of ether oxygens (including phenoxy) is 2. The van der Waals surface area contributed by atoms with Gasteiger partial charge in [-0.2, -0.15) is 0 Å². The van der Waals surface area contributed by atoms with E-state index >= 15 is 0 Å². The summed E-state index contributed by atoms with van der Waals surface area (Å²) in [4.78, 5) is 9.09. The van der Waals surface area contributed by atoms with E-state index in [9.17, 15) is 0 Å². The van der Waals surface area contributed by atoms with Gasteiger partial charge in [0.15, 0.2) is 11.5 Å². The van der Waals surface area contributed by atoms with Crippen molar-refractivity contribution < 1.29 is 9.47 Å². The molecule has 2 aromatic heterocycles. The molecule has 0 aliphatic heterocycles. The van der Waals surface area contributed by atoms with E-state index < -0.39 is 0 Å². The number of hydrogen-bond donors (Lipinski definition) is 0. The van der Waals surface area contributed by atoms with Crippen molar-refractivity contribution in [1.29, 1.82) is 0 Å². The molecule has 0 unspecified atom stereocenters. The third-order valence-electron chi connectivity index (χ3n) is 3.74. The molecule has 4 rings (SSSR count). The monoisotopic (exact) mass is 306 g/mol. The van der Waals surface area contributed by atoms with Gasteiger partial charge >= 0.3 is 0 Å². The first-order valence-electron chi connectivity index (χ1n) is 7.12. The normalized spacial score (nSPS) is 11.0. The molecule has 0 spiro atoms. The zero-order valence-electron chi connectivity index (χ0n) is 12.7. The Morgan fingerprint density at radius 3 is 2.52 bits per heavy atom. The van der Waals surface area contributed by atoms with Gasteiger partial charge in [0.25, 0.3) is 0 Å². The summed E-state index contributed by atoms with van der Waals surface area (Å²) in [5.41, 5.74) is 2.45. The van der Waals surface area contributed by atoms with Crippen LogP contribution in [0.4, 0.5) is 0 Å². The molecule has 2 aromatic carbocycles. The Hall–Kier alpha value is -3.15. The maximum Gasteiger partial charge on any atom is 0.182 e. The van der Waals surface area contributed by atoms with Crippen LogP contribution in [0, 0.1) is 0 Å². The number of hydrogen-bond acceptors (Lipinski definition) is 5. The molecule has 0 saturated heterocycles. The number of aromatic nitrogens is 4. The minimum atomic E-state index is 0.643. The summed E-state index contributed by atoms with van der Waals surface area (Å²) in [7, 11) is 3.27. The van der Waals surface area contributed by atoms with Gasteiger partial charge in [-0.25, -0.2) is 14.5 Å². The molecule has 4 aromatic rings. The van der Waals surface area contributed by atoms with E-state index in [1.807, 2.05) is 42.5 Å². The quantitative estimate of drug-likeness (QED) is 0.582. The third-order valence-corrected chi connectivity index (χ3v) is 3.74. The smallest absolute Gasteiger partial charge is 0.182 e. The summed E-state index contributed by atoms with van der Waals surface area (Å²) in [5, 5.41) is 5.41. The predicted molar refractivity (Wildman–Crippen MR) is 86.8 cm³/mol. The molecule has 0 saturated carbocycles. The molecule has 0 amide bonds. The van der Waals surface area contributed by atoms with Gasteiger partial charge in [-0.15, -0.1) is 5.10 Å². The summed E-state index contributed by atoms with van der Waals surface area (Å²) in [6.45, 7) is 0. The lowest BCUT2D eigenvalue weighted by molar-refractivity contribution is 0.415. The number of methoxy groups -OCH3 is 2. The lowest BCUT2D eigenvalue weighted by Crippen LogP contribution is -1.93. The first-order chi connectivity index (χ1) is 11.3. The van der Waals surface area contributed by atoms with Crippen molar-refractivity contribution >= 4 is 16.6 Å². The van der Waals surface area contributed by atoms with Crippen molar-refractivity contribution in [2.75, 3.05) is 14.2 Å². The minimum absolute atomic E-state index is 0.643. The highest BCUT2D eigenvalue weighted by molar-refractivity contribution is 5.95. The van der Waals surface area contributed by atoms with Gasteiger partial charge in [0.2, 0.25) is 0 Å². The lowest BCUT2D eigenvalue weighted by Gasteiger charge is -2.03. The Balaban J connectivity index is 1.91. The summed E-state index contributed by atoms with van der Waals surface area (Å²) in [6.07, 6.45) is 1.65. The zero-order valence-corrected chi connectivity index (χ0v) is 12.7. The largest absolute Gasteiger partial charge is 0.497 e. The molecule has 0 fully saturated rings. The number of para-hydroxylation sites is 1. The van der Waals surface area contributed by atoms with Crippen LogP contribution in [-0.4, -0.2) is 33.8 Å². The number of fused-ring (bicyclic) bond motifs is 3. The summed E-state index contributed by atoms with van der Waals surface area (Å²) in [5.74, 6) is 2.16. The first-order valence-corrected chi connectivity index (χ1v) is 7.12.